The van der Waals surface area contributed by atoms with E-state index in [0.717, 1.165) is 18.4 Å². The summed E-state index contributed by atoms with van der Waals surface area (Å²) in [4.78, 5) is 14.5. The van der Waals surface area contributed by atoms with Gasteiger partial charge in [0, 0.05) is 7.05 Å². The van der Waals surface area contributed by atoms with E-state index in [1.807, 2.05) is 12.1 Å². The normalized spacial score (nSPS) is 36.3. The summed E-state index contributed by atoms with van der Waals surface area (Å²) in [5.41, 5.74) is 0.670. The Bertz CT molecular complexity index is 688. The zero-order valence-corrected chi connectivity index (χ0v) is 11.5. The highest BCUT2D eigenvalue weighted by atomic mass is 32.2. The Morgan fingerprint density at radius 1 is 1.32 bits per heavy atom. The molecule has 2 aliphatic carbocycles. The summed E-state index contributed by atoms with van der Waals surface area (Å²) in [5.74, 6) is 0.736. The molecule has 0 saturated heterocycles. The van der Waals surface area contributed by atoms with Gasteiger partial charge in [-0.05, 0) is 30.4 Å². The van der Waals surface area contributed by atoms with Crippen LogP contribution < -0.4 is 0 Å². The zero-order chi connectivity index (χ0) is 13.4. The Kier molecular flexibility index (Phi) is 1.93. The predicted octanol–water partition coefficient (Wildman–Crippen LogP) is 1.38. The summed E-state index contributed by atoms with van der Waals surface area (Å²) in [7, 11) is -1.50. The van der Waals surface area contributed by atoms with E-state index in [9.17, 15) is 13.2 Å². The van der Waals surface area contributed by atoms with Gasteiger partial charge in [0.1, 0.15) is 0 Å². The Morgan fingerprint density at radius 2 is 1.95 bits per heavy atom. The van der Waals surface area contributed by atoms with E-state index in [0.29, 0.717) is 10.8 Å². The number of carbonyl (C=O) groups is 1. The maximum atomic E-state index is 12.4. The number of nitrogens with zero attached hydrogens (tertiary/aromatic N) is 1. The van der Waals surface area contributed by atoms with Gasteiger partial charge in [0.2, 0.25) is 5.91 Å². The van der Waals surface area contributed by atoms with Gasteiger partial charge >= 0.3 is 0 Å². The fourth-order valence-corrected chi connectivity index (χ4v) is 5.14. The smallest absolute Gasteiger partial charge is 0.229 e. The molecule has 100 valence electrons. The molecule has 4 nitrogen and oxygen atoms in total. The molecule has 2 fully saturated rings. The maximum Gasteiger partial charge on any atom is 0.229 e. The van der Waals surface area contributed by atoms with Crippen LogP contribution in [-0.4, -0.2) is 32.0 Å². The molecule has 3 aliphatic rings. The van der Waals surface area contributed by atoms with Crippen LogP contribution in [0.15, 0.2) is 29.2 Å². The van der Waals surface area contributed by atoms with Crippen molar-refractivity contribution in [3.63, 3.8) is 0 Å². The van der Waals surface area contributed by atoms with E-state index >= 15 is 0 Å². The second-order valence-electron chi connectivity index (χ2n) is 6.01. The molecule has 0 aromatic heterocycles. The zero-order valence-electron chi connectivity index (χ0n) is 10.7. The summed E-state index contributed by atoms with van der Waals surface area (Å²) < 4.78 is 24.3. The first-order valence-electron chi connectivity index (χ1n) is 6.55. The van der Waals surface area contributed by atoms with Gasteiger partial charge in [0.15, 0.2) is 9.84 Å². The maximum absolute atomic E-state index is 12.4. The lowest BCUT2D eigenvalue weighted by Crippen LogP contribution is -2.35. The van der Waals surface area contributed by atoms with E-state index in [-0.39, 0.29) is 23.1 Å². The minimum atomic E-state index is -3.24. The third kappa shape index (κ3) is 1.39. The van der Waals surface area contributed by atoms with Crippen LogP contribution in [-0.2, 0) is 14.6 Å². The summed E-state index contributed by atoms with van der Waals surface area (Å²) in [6, 6.07) is 6.71. The average Bonchev–Trinajstić information content (AvgIpc) is 3.21. The number of rotatable bonds is 2. The first-order valence-corrected chi connectivity index (χ1v) is 8.20. The molecule has 0 N–H and O–H groups in total. The van der Waals surface area contributed by atoms with Crippen LogP contribution in [0.25, 0.3) is 0 Å². The third-order valence-electron chi connectivity index (χ3n) is 4.89. The predicted molar refractivity (Wildman–Crippen MR) is 69.2 cm³/mol. The van der Waals surface area contributed by atoms with E-state index in [1.165, 1.54) is 0 Å². The first kappa shape index (κ1) is 11.5. The summed E-state index contributed by atoms with van der Waals surface area (Å²) in [6.07, 6.45) is 1.99. The van der Waals surface area contributed by atoms with Crippen LogP contribution in [0.3, 0.4) is 0 Å². The van der Waals surface area contributed by atoms with Gasteiger partial charge in [0.05, 0.1) is 22.1 Å². The lowest BCUT2D eigenvalue weighted by atomic mass is 10.1. The molecule has 5 heteroatoms. The van der Waals surface area contributed by atoms with Gasteiger partial charge in [-0.25, -0.2) is 8.42 Å². The minimum Gasteiger partial charge on any atom is -0.337 e. The lowest BCUT2D eigenvalue weighted by Gasteiger charge is -2.25. The van der Waals surface area contributed by atoms with Crippen molar-refractivity contribution in [3.8, 4) is 0 Å². The van der Waals surface area contributed by atoms with Gasteiger partial charge in [-0.15, -0.1) is 0 Å². The van der Waals surface area contributed by atoms with E-state index in [4.69, 9.17) is 0 Å². The Hall–Kier alpha value is -1.36. The van der Waals surface area contributed by atoms with E-state index in [2.05, 4.69) is 0 Å². The van der Waals surface area contributed by atoms with Gasteiger partial charge in [-0.2, -0.15) is 0 Å². The van der Waals surface area contributed by atoms with Crippen molar-refractivity contribution in [1.82, 2.24) is 4.90 Å². The second kappa shape index (κ2) is 3.20. The molecule has 1 atom stereocenters. The molecular weight excluding hydrogens is 262 g/mol. The molecule has 1 aromatic carbocycles. The number of fused-ring (bicyclic) bond motifs is 2. The number of carbonyl (C=O) groups excluding carboxylic acids is 1. The van der Waals surface area contributed by atoms with Crippen molar-refractivity contribution in [2.24, 2.45) is 11.3 Å². The highest BCUT2D eigenvalue weighted by Crippen LogP contribution is 2.76. The van der Waals surface area contributed by atoms with Crippen LogP contribution in [0.2, 0.25) is 0 Å². The van der Waals surface area contributed by atoms with Crippen molar-refractivity contribution in [2.45, 2.75) is 23.8 Å². The molecule has 1 aliphatic heterocycles. The largest absolute Gasteiger partial charge is 0.337 e. The molecule has 1 aromatic rings. The number of sulfone groups is 1. The summed E-state index contributed by atoms with van der Waals surface area (Å²) >= 11 is 0. The van der Waals surface area contributed by atoms with Gasteiger partial charge < -0.3 is 4.90 Å². The number of hydrogen-bond donors (Lipinski definition) is 0. The number of benzene rings is 1. The van der Waals surface area contributed by atoms with Crippen LogP contribution in [0, 0.1) is 11.3 Å². The SMILES string of the molecule is CN(C(=O)C12CC1C2)C1CS(=O)(=O)c2ccccc21. The second-order valence-corrected chi connectivity index (χ2v) is 8.02. The fraction of sp³-hybridized carbons (Fsp3) is 0.500. The van der Waals surface area contributed by atoms with Crippen LogP contribution >= 0.6 is 0 Å². The minimum absolute atomic E-state index is 0.0231. The molecule has 0 radical (unpaired) electrons. The topological polar surface area (TPSA) is 54.5 Å². The van der Waals surface area contributed by atoms with E-state index < -0.39 is 9.84 Å². The molecular formula is C14H15NO3S. The Labute approximate surface area is 112 Å². The lowest BCUT2D eigenvalue weighted by molar-refractivity contribution is -0.135. The van der Waals surface area contributed by atoms with Gasteiger partial charge in [-0.3, -0.25) is 4.79 Å². The Balaban J connectivity index is 1.71. The summed E-state index contributed by atoms with van der Waals surface area (Å²) in [6.45, 7) is 0. The van der Waals surface area contributed by atoms with Crippen molar-refractivity contribution < 1.29 is 13.2 Å². The van der Waals surface area contributed by atoms with Crippen LogP contribution in [0.4, 0.5) is 0 Å². The molecule has 0 spiro atoms. The highest BCUT2D eigenvalue weighted by molar-refractivity contribution is 7.91. The van der Waals surface area contributed by atoms with Gasteiger partial charge in [0.25, 0.3) is 0 Å². The fourth-order valence-electron chi connectivity index (χ4n) is 3.29. The molecule has 19 heavy (non-hydrogen) atoms. The molecule has 0 bridgehead atoms. The molecule has 4 rings (SSSR count). The van der Waals surface area contributed by atoms with Crippen molar-refractivity contribution >= 4 is 15.7 Å². The molecule has 2 saturated carbocycles. The quantitative estimate of drug-likeness (QED) is 0.820. The molecule has 1 amide bonds. The monoisotopic (exact) mass is 277 g/mol. The van der Waals surface area contributed by atoms with E-state index in [1.54, 1.807) is 24.1 Å². The summed E-state index contributed by atoms with van der Waals surface area (Å²) in [5, 5.41) is 0. The number of hydrogen-bond acceptors (Lipinski definition) is 3. The third-order valence-corrected chi connectivity index (χ3v) is 6.68. The first-order chi connectivity index (χ1) is 8.96. The van der Waals surface area contributed by atoms with Crippen molar-refractivity contribution in [2.75, 3.05) is 12.8 Å². The average molecular weight is 277 g/mol. The van der Waals surface area contributed by atoms with Crippen LogP contribution in [0.5, 0.6) is 0 Å². The Morgan fingerprint density at radius 3 is 2.58 bits per heavy atom. The standard InChI is InChI=1S/C14H15NO3S/c1-15(13(16)14-6-9(14)7-14)11-8-19(17,18)12-5-3-2-4-10(11)12/h2-5,9,11H,6-8H2,1H3. The number of amides is 1. The highest BCUT2D eigenvalue weighted by Gasteiger charge is 2.75. The molecule has 1 unspecified atom stereocenters. The van der Waals surface area contributed by atoms with Crippen molar-refractivity contribution in [3.05, 3.63) is 29.8 Å². The van der Waals surface area contributed by atoms with Crippen molar-refractivity contribution in [1.29, 1.82) is 0 Å². The van der Waals surface area contributed by atoms with Crippen LogP contribution in [0.1, 0.15) is 24.4 Å². The molecule has 1 heterocycles. The van der Waals surface area contributed by atoms with Gasteiger partial charge in [-0.1, -0.05) is 18.2 Å².